The summed E-state index contributed by atoms with van der Waals surface area (Å²) in [5, 5.41) is 14.7. The maximum Gasteiger partial charge on any atom is 0.195 e. The molecule has 4 rings (SSSR count). The Morgan fingerprint density at radius 2 is 2.39 bits per heavy atom. The van der Waals surface area contributed by atoms with Crippen LogP contribution < -0.4 is 16.4 Å². The van der Waals surface area contributed by atoms with Gasteiger partial charge in [0, 0.05) is 30.3 Å². The second-order valence-electron chi connectivity index (χ2n) is 5.99. The highest BCUT2D eigenvalue weighted by atomic mass is 16.5. The summed E-state index contributed by atoms with van der Waals surface area (Å²) in [6.45, 7) is 2.44. The minimum Gasteiger partial charge on any atom is -0.381 e. The molecule has 23 heavy (non-hydrogen) atoms. The number of benzene rings is 1. The minimum atomic E-state index is -0.693. The summed E-state index contributed by atoms with van der Waals surface area (Å²) in [5.41, 5.74) is 7.27. The molecule has 0 amide bonds. The van der Waals surface area contributed by atoms with Crippen LogP contribution in [0.1, 0.15) is 12.0 Å². The molecule has 0 aliphatic carbocycles. The number of rotatable bonds is 4. The number of hydrogen-bond donors (Lipinski definition) is 4. The van der Waals surface area contributed by atoms with Gasteiger partial charge in [-0.15, -0.1) is 0 Å². The van der Waals surface area contributed by atoms with E-state index in [0.717, 1.165) is 42.6 Å². The van der Waals surface area contributed by atoms with Crippen molar-refractivity contribution in [3.63, 3.8) is 0 Å². The number of nitrogens with zero attached hydrogens (tertiary/aromatic N) is 2. The van der Waals surface area contributed by atoms with Crippen molar-refractivity contribution in [3.05, 3.63) is 42.2 Å². The smallest absolute Gasteiger partial charge is 0.195 e. The third kappa shape index (κ3) is 2.58. The Bertz CT molecular complexity index is 761. The second-order valence-corrected chi connectivity index (χ2v) is 5.99. The summed E-state index contributed by atoms with van der Waals surface area (Å²) in [6.07, 6.45) is 6.73. The molecule has 2 aromatic rings. The lowest BCUT2D eigenvalue weighted by molar-refractivity contribution is 0.183. The van der Waals surface area contributed by atoms with Crippen molar-refractivity contribution in [1.82, 2.24) is 20.8 Å². The SMILES string of the molecule is NC1=NC(NCC2CCOC2)(c2cccc3[nH]ncc23)C=CN1. The van der Waals surface area contributed by atoms with Crippen LogP contribution in [0.4, 0.5) is 0 Å². The quantitative estimate of drug-likeness (QED) is 0.668. The molecule has 1 aromatic carbocycles. The number of aliphatic imine (C=N–C) groups is 1. The van der Waals surface area contributed by atoms with Gasteiger partial charge in [-0.1, -0.05) is 12.1 Å². The first-order chi connectivity index (χ1) is 11.3. The summed E-state index contributed by atoms with van der Waals surface area (Å²) in [5.74, 6) is 0.887. The predicted octanol–water partition coefficient (Wildman–Crippen LogP) is 0.773. The zero-order valence-electron chi connectivity index (χ0n) is 12.7. The van der Waals surface area contributed by atoms with E-state index in [4.69, 9.17) is 10.5 Å². The van der Waals surface area contributed by atoms with Crippen LogP contribution in [-0.2, 0) is 10.4 Å². The van der Waals surface area contributed by atoms with Crippen molar-refractivity contribution in [2.24, 2.45) is 16.6 Å². The lowest BCUT2D eigenvalue weighted by Crippen LogP contribution is -2.47. The number of ether oxygens (including phenoxy) is 1. The molecule has 2 aliphatic heterocycles. The topological polar surface area (TPSA) is 100 Å². The van der Waals surface area contributed by atoms with Gasteiger partial charge >= 0.3 is 0 Å². The molecule has 0 saturated carbocycles. The molecule has 2 unspecified atom stereocenters. The first-order valence-corrected chi connectivity index (χ1v) is 7.82. The minimum absolute atomic E-state index is 0.392. The fourth-order valence-corrected chi connectivity index (χ4v) is 3.20. The number of fused-ring (bicyclic) bond motifs is 1. The van der Waals surface area contributed by atoms with Crippen LogP contribution in [0, 0.1) is 5.92 Å². The van der Waals surface area contributed by atoms with Gasteiger partial charge in [0.25, 0.3) is 0 Å². The number of aromatic amines is 1. The van der Waals surface area contributed by atoms with E-state index in [1.807, 2.05) is 30.6 Å². The highest BCUT2D eigenvalue weighted by molar-refractivity contribution is 5.85. The lowest BCUT2D eigenvalue weighted by Gasteiger charge is -2.32. The van der Waals surface area contributed by atoms with Gasteiger partial charge in [0.15, 0.2) is 11.6 Å². The Kier molecular flexibility index (Phi) is 3.51. The van der Waals surface area contributed by atoms with E-state index in [1.165, 1.54) is 0 Å². The van der Waals surface area contributed by atoms with Crippen molar-refractivity contribution in [1.29, 1.82) is 0 Å². The molecule has 2 aliphatic rings. The molecule has 7 nitrogen and oxygen atoms in total. The van der Waals surface area contributed by atoms with E-state index in [1.54, 1.807) is 0 Å². The highest BCUT2D eigenvalue weighted by Gasteiger charge is 2.34. The third-order valence-corrected chi connectivity index (χ3v) is 4.43. The first-order valence-electron chi connectivity index (χ1n) is 7.82. The third-order valence-electron chi connectivity index (χ3n) is 4.43. The Labute approximate surface area is 134 Å². The number of hydrogen-bond acceptors (Lipinski definition) is 6. The summed E-state index contributed by atoms with van der Waals surface area (Å²) in [6, 6.07) is 6.06. The van der Waals surface area contributed by atoms with Crippen LogP contribution in [0.2, 0.25) is 0 Å². The van der Waals surface area contributed by atoms with Crippen molar-refractivity contribution in [2.75, 3.05) is 19.8 Å². The van der Waals surface area contributed by atoms with Crippen molar-refractivity contribution < 1.29 is 4.74 Å². The predicted molar refractivity (Wildman–Crippen MR) is 88.6 cm³/mol. The standard InChI is InChI=1S/C16H20N6O/c17-15-18-6-5-16(21-15,19-8-11-4-7-23-10-11)13-2-1-3-14-12(13)9-20-22-14/h1-3,5-6,9,11,19H,4,7-8,10H2,(H,20,22)(H3,17,18,21). The highest BCUT2D eigenvalue weighted by Crippen LogP contribution is 2.32. The average Bonchev–Trinajstić information content (AvgIpc) is 3.24. The van der Waals surface area contributed by atoms with Crippen LogP contribution in [0.15, 0.2) is 41.7 Å². The monoisotopic (exact) mass is 312 g/mol. The number of H-pyrrole nitrogens is 1. The molecule has 0 spiro atoms. The molecular weight excluding hydrogens is 292 g/mol. The second kappa shape index (κ2) is 5.68. The zero-order chi connectivity index (χ0) is 15.7. The number of aromatic nitrogens is 2. The Hall–Kier alpha value is -2.38. The van der Waals surface area contributed by atoms with Crippen LogP contribution in [-0.4, -0.2) is 35.9 Å². The van der Waals surface area contributed by atoms with E-state index in [-0.39, 0.29) is 0 Å². The van der Waals surface area contributed by atoms with Crippen molar-refractivity contribution in [3.8, 4) is 0 Å². The van der Waals surface area contributed by atoms with Gasteiger partial charge in [-0.3, -0.25) is 10.4 Å². The first kappa shape index (κ1) is 14.2. The zero-order valence-corrected chi connectivity index (χ0v) is 12.7. The number of nitrogens with two attached hydrogens (primary N) is 1. The molecule has 1 aromatic heterocycles. The largest absolute Gasteiger partial charge is 0.381 e. The van der Waals surface area contributed by atoms with Crippen LogP contribution in [0.5, 0.6) is 0 Å². The van der Waals surface area contributed by atoms with Gasteiger partial charge < -0.3 is 15.8 Å². The van der Waals surface area contributed by atoms with E-state index >= 15 is 0 Å². The molecule has 0 bridgehead atoms. The Balaban J connectivity index is 1.74. The van der Waals surface area contributed by atoms with Crippen molar-refractivity contribution in [2.45, 2.75) is 12.1 Å². The molecule has 1 fully saturated rings. The van der Waals surface area contributed by atoms with Gasteiger partial charge in [-0.2, -0.15) is 5.10 Å². The normalized spacial score (nSPS) is 27.1. The Morgan fingerprint density at radius 1 is 1.43 bits per heavy atom. The van der Waals surface area contributed by atoms with Crippen LogP contribution >= 0.6 is 0 Å². The molecule has 2 atom stereocenters. The lowest BCUT2D eigenvalue weighted by atomic mass is 9.94. The van der Waals surface area contributed by atoms with Gasteiger partial charge in [0.1, 0.15) is 0 Å². The molecule has 3 heterocycles. The van der Waals surface area contributed by atoms with E-state index in [9.17, 15) is 0 Å². The average molecular weight is 312 g/mol. The van der Waals surface area contributed by atoms with E-state index in [2.05, 4.69) is 31.9 Å². The fraction of sp³-hybridized carbons (Fsp3) is 0.375. The molecule has 5 N–H and O–H groups in total. The van der Waals surface area contributed by atoms with Crippen LogP contribution in [0.3, 0.4) is 0 Å². The number of nitrogens with one attached hydrogen (secondary N) is 3. The number of guanidine groups is 1. The summed E-state index contributed by atoms with van der Waals surface area (Å²) in [4.78, 5) is 4.68. The summed E-state index contributed by atoms with van der Waals surface area (Å²) >= 11 is 0. The molecule has 0 radical (unpaired) electrons. The Morgan fingerprint density at radius 3 is 3.22 bits per heavy atom. The summed E-state index contributed by atoms with van der Waals surface area (Å²) in [7, 11) is 0. The van der Waals surface area contributed by atoms with Gasteiger partial charge in [-0.05, 0) is 24.5 Å². The van der Waals surface area contributed by atoms with Gasteiger partial charge in [-0.25, -0.2) is 4.99 Å². The van der Waals surface area contributed by atoms with E-state index < -0.39 is 5.66 Å². The maximum absolute atomic E-state index is 5.95. The maximum atomic E-state index is 5.95. The van der Waals surface area contributed by atoms with Gasteiger partial charge in [0.05, 0.1) is 18.3 Å². The molecule has 7 heteroatoms. The van der Waals surface area contributed by atoms with E-state index in [0.29, 0.717) is 11.9 Å². The molecule has 1 saturated heterocycles. The summed E-state index contributed by atoms with van der Waals surface area (Å²) < 4.78 is 5.47. The molecular formula is C16H20N6O. The van der Waals surface area contributed by atoms with Gasteiger partial charge in [0.2, 0.25) is 0 Å². The van der Waals surface area contributed by atoms with Crippen LogP contribution in [0.25, 0.3) is 10.9 Å². The van der Waals surface area contributed by atoms with Crippen molar-refractivity contribution >= 4 is 16.9 Å². The molecule has 120 valence electrons. The fourth-order valence-electron chi connectivity index (χ4n) is 3.20.